The van der Waals surface area contributed by atoms with E-state index in [9.17, 15) is 9.90 Å². The number of morpholine rings is 1. The summed E-state index contributed by atoms with van der Waals surface area (Å²) >= 11 is 0. The fourth-order valence-corrected chi connectivity index (χ4v) is 3.25. The zero-order valence-electron chi connectivity index (χ0n) is 16.2. The van der Waals surface area contributed by atoms with Crippen molar-refractivity contribution >= 4 is 11.8 Å². The van der Waals surface area contributed by atoms with Gasteiger partial charge in [-0.15, -0.1) is 0 Å². The maximum absolute atomic E-state index is 12.1. The Hall–Kier alpha value is -1.68. The molecule has 3 aromatic rings. The summed E-state index contributed by atoms with van der Waals surface area (Å²) in [6.45, 7) is 2.18. The third-order valence-electron chi connectivity index (χ3n) is 4.63. The molecule has 0 spiro atoms. The number of carboxylic acid groups (broad SMARTS) is 1. The van der Waals surface area contributed by atoms with Crippen molar-refractivity contribution in [2.24, 2.45) is 0 Å². The maximum atomic E-state index is 12.1. The summed E-state index contributed by atoms with van der Waals surface area (Å²) in [6, 6.07) is 13.3. The Bertz CT molecular complexity index is 964. The van der Waals surface area contributed by atoms with Gasteiger partial charge in [-0.05, 0) is 17.7 Å². The molecule has 0 aliphatic carbocycles. The third-order valence-corrected chi connectivity index (χ3v) is 4.63. The minimum Gasteiger partial charge on any atom is -0.545 e. The van der Waals surface area contributed by atoms with Crippen LogP contribution in [0.15, 0.2) is 54.9 Å². The van der Waals surface area contributed by atoms with Gasteiger partial charge in [-0.3, -0.25) is 4.98 Å². The first-order chi connectivity index (χ1) is 13.7. The first kappa shape index (κ1) is 22.0. The van der Waals surface area contributed by atoms with Gasteiger partial charge in [0.2, 0.25) is 0 Å². The van der Waals surface area contributed by atoms with E-state index in [4.69, 9.17) is 4.74 Å². The topological polar surface area (TPSA) is 91.3 Å². The Labute approximate surface area is 211 Å². The van der Waals surface area contributed by atoms with Gasteiger partial charge >= 0.3 is 51.4 Å². The number of aromatic carboxylic acids is 1. The molecule has 2 aromatic heterocycles. The Morgan fingerprint density at radius 2 is 1.72 bits per heavy atom. The van der Waals surface area contributed by atoms with Gasteiger partial charge in [-0.25, -0.2) is 9.97 Å². The number of aromatic nitrogens is 3. The minimum absolute atomic E-state index is 0. The number of hydrogen-bond acceptors (Lipinski definition) is 7. The summed E-state index contributed by atoms with van der Waals surface area (Å²) in [5, 5.41) is 12.1. The number of nitrogens with zero attached hydrogens (tertiary/aromatic N) is 4. The third kappa shape index (κ3) is 5.27. The monoisotopic (exact) mass is 414 g/mol. The van der Waals surface area contributed by atoms with E-state index in [0.717, 1.165) is 11.1 Å². The van der Waals surface area contributed by atoms with E-state index in [0.29, 0.717) is 50.1 Å². The fourth-order valence-electron chi connectivity index (χ4n) is 3.25. The van der Waals surface area contributed by atoms with E-state index in [1.165, 1.54) is 0 Å². The van der Waals surface area contributed by atoms with Crippen molar-refractivity contribution in [3.63, 3.8) is 0 Å². The first-order valence-electron chi connectivity index (χ1n) is 9.11. The van der Waals surface area contributed by atoms with Crippen LogP contribution in [0.2, 0.25) is 0 Å². The Balaban J connectivity index is 0.00000240. The van der Waals surface area contributed by atoms with Crippen LogP contribution in [-0.2, 0) is 11.2 Å². The van der Waals surface area contributed by atoms with E-state index >= 15 is 0 Å². The number of benzene rings is 1. The first-order valence-corrected chi connectivity index (χ1v) is 9.11. The van der Waals surface area contributed by atoms with Crippen molar-refractivity contribution in [2.75, 3.05) is 31.2 Å². The summed E-state index contributed by atoms with van der Waals surface area (Å²) in [5.41, 5.74) is 2.24. The van der Waals surface area contributed by atoms with E-state index in [-0.39, 0.29) is 56.9 Å². The number of ether oxygens (including phenoxy) is 1. The zero-order chi connectivity index (χ0) is 19.3. The van der Waals surface area contributed by atoms with Crippen molar-refractivity contribution in [3.8, 4) is 11.4 Å². The van der Waals surface area contributed by atoms with Crippen molar-refractivity contribution in [3.05, 3.63) is 71.7 Å². The second-order valence-corrected chi connectivity index (χ2v) is 6.48. The summed E-state index contributed by atoms with van der Waals surface area (Å²) in [7, 11) is 0. The number of anilines is 1. The molecule has 8 heteroatoms. The predicted octanol–water partition coefficient (Wildman–Crippen LogP) is -1.67. The molecule has 0 unspecified atom stereocenters. The van der Waals surface area contributed by atoms with Crippen LogP contribution in [0.3, 0.4) is 0 Å². The summed E-state index contributed by atoms with van der Waals surface area (Å²) in [5.74, 6) is -0.412. The van der Waals surface area contributed by atoms with Crippen LogP contribution >= 0.6 is 0 Å². The molecule has 0 atom stereocenters. The summed E-state index contributed by atoms with van der Waals surface area (Å²) in [6.07, 6.45) is 3.70. The molecule has 0 amide bonds. The average Bonchev–Trinajstić information content (AvgIpc) is 2.75. The molecule has 1 fully saturated rings. The molecule has 7 nitrogen and oxygen atoms in total. The van der Waals surface area contributed by atoms with Crippen molar-refractivity contribution < 1.29 is 66.0 Å². The van der Waals surface area contributed by atoms with E-state index in [1.54, 1.807) is 12.4 Å². The Morgan fingerprint density at radius 3 is 2.38 bits per heavy atom. The summed E-state index contributed by atoms with van der Waals surface area (Å²) in [4.78, 5) is 27.2. The normalized spacial score (nSPS) is 13.6. The van der Waals surface area contributed by atoms with E-state index in [1.807, 2.05) is 47.4 Å². The van der Waals surface area contributed by atoms with Crippen molar-refractivity contribution in [1.82, 2.24) is 15.0 Å². The van der Waals surface area contributed by atoms with E-state index < -0.39 is 5.97 Å². The smallest absolute Gasteiger partial charge is 0.545 e. The molecule has 0 radical (unpaired) electrons. The molecular weight excluding hydrogens is 395 g/mol. The van der Waals surface area contributed by atoms with Crippen LogP contribution < -0.4 is 61.4 Å². The van der Waals surface area contributed by atoms with Crippen molar-refractivity contribution in [1.29, 1.82) is 0 Å². The van der Waals surface area contributed by atoms with Crippen LogP contribution in [0, 0.1) is 0 Å². The van der Waals surface area contributed by atoms with Crippen LogP contribution in [0.5, 0.6) is 0 Å². The van der Waals surface area contributed by atoms with Gasteiger partial charge in [-0.2, -0.15) is 0 Å². The number of carboxylic acids is 1. The van der Waals surface area contributed by atoms with Crippen LogP contribution in [-0.4, -0.2) is 47.2 Å². The van der Waals surface area contributed by atoms with E-state index in [2.05, 4.69) is 15.0 Å². The molecule has 29 heavy (non-hydrogen) atoms. The minimum atomic E-state index is -1.27. The average molecular weight is 415 g/mol. The molecule has 3 heterocycles. The standard InChI is InChI=1S/C21H20N4O3.K/c26-21(27)18-17(14-15-4-2-1-3-5-15)23-19(16-6-8-22-9-7-16)24-20(18)25-10-12-28-13-11-25;/h1-9H,10-14H2,(H,26,27);/q;+1/p-1. The van der Waals surface area contributed by atoms with Gasteiger partial charge in [0.05, 0.1) is 30.4 Å². The summed E-state index contributed by atoms with van der Waals surface area (Å²) < 4.78 is 5.41. The number of carbonyl (C=O) groups excluding carboxylic acids is 1. The molecule has 1 aliphatic heterocycles. The second kappa shape index (κ2) is 10.4. The molecular formula is C21H19KN4O3. The molecule has 1 aliphatic rings. The zero-order valence-corrected chi connectivity index (χ0v) is 19.4. The van der Waals surface area contributed by atoms with Crippen LogP contribution in [0.25, 0.3) is 11.4 Å². The quantitative estimate of drug-likeness (QED) is 0.461. The van der Waals surface area contributed by atoms with Crippen molar-refractivity contribution in [2.45, 2.75) is 6.42 Å². The Morgan fingerprint density at radius 1 is 1.03 bits per heavy atom. The van der Waals surface area contributed by atoms with Gasteiger partial charge in [0.25, 0.3) is 0 Å². The maximum Gasteiger partial charge on any atom is 1.00 e. The van der Waals surface area contributed by atoms with Gasteiger partial charge in [0, 0.05) is 37.5 Å². The Kier molecular flexibility index (Phi) is 7.88. The predicted molar refractivity (Wildman–Crippen MR) is 102 cm³/mol. The van der Waals surface area contributed by atoms with Gasteiger partial charge < -0.3 is 19.5 Å². The number of carbonyl (C=O) groups is 1. The molecule has 0 bridgehead atoms. The SMILES string of the molecule is O=C([O-])c1c(Cc2ccccc2)nc(-c2ccncc2)nc1N1CCOCC1.[K+]. The molecule has 0 N–H and O–H groups in total. The largest absolute Gasteiger partial charge is 1.00 e. The number of hydrogen-bond donors (Lipinski definition) is 0. The number of rotatable bonds is 5. The van der Waals surface area contributed by atoms with Crippen LogP contribution in [0.4, 0.5) is 5.82 Å². The molecule has 1 aromatic carbocycles. The van der Waals surface area contributed by atoms with Gasteiger partial charge in [0.15, 0.2) is 5.82 Å². The number of pyridine rings is 1. The van der Waals surface area contributed by atoms with Gasteiger partial charge in [-0.1, -0.05) is 30.3 Å². The fraction of sp³-hybridized carbons (Fsp3) is 0.238. The molecule has 1 saturated heterocycles. The molecule has 4 rings (SSSR count). The molecule has 0 saturated carbocycles. The molecule has 142 valence electrons. The van der Waals surface area contributed by atoms with Crippen LogP contribution in [0.1, 0.15) is 21.6 Å². The second-order valence-electron chi connectivity index (χ2n) is 6.48. The van der Waals surface area contributed by atoms with Gasteiger partial charge in [0.1, 0.15) is 5.82 Å².